The molecule has 3 nitrogen and oxygen atoms in total. The molecule has 4 heteroatoms. The molecule has 1 rings (SSSR count). The Morgan fingerprint density at radius 3 is 2.50 bits per heavy atom. The first-order chi connectivity index (χ1) is 8.76. The van der Waals surface area contributed by atoms with Crippen LogP contribution in [0.1, 0.15) is 19.8 Å². The van der Waals surface area contributed by atoms with E-state index in [2.05, 4.69) is 11.8 Å². The molecule has 0 radical (unpaired) electrons. The van der Waals surface area contributed by atoms with E-state index in [-0.39, 0.29) is 6.61 Å². The molecule has 0 aliphatic rings. The standard InChI is InChI=1S/C14H22ClNO2/c1-2-3-8-16(9-11-17)10-12-18-14-6-4-13(15)5-7-14/h4-7,17H,2-3,8-12H2,1H3. The molecule has 18 heavy (non-hydrogen) atoms. The van der Waals surface area contributed by atoms with Crippen molar-refractivity contribution in [2.75, 3.05) is 32.8 Å². The molecule has 1 aromatic rings. The Bertz CT molecular complexity index is 316. The van der Waals surface area contributed by atoms with Crippen LogP contribution in [-0.4, -0.2) is 42.9 Å². The summed E-state index contributed by atoms with van der Waals surface area (Å²) in [4.78, 5) is 2.22. The molecule has 1 N–H and O–H groups in total. The van der Waals surface area contributed by atoms with Crippen LogP contribution in [0.3, 0.4) is 0 Å². The van der Waals surface area contributed by atoms with Gasteiger partial charge in [-0.2, -0.15) is 0 Å². The maximum absolute atomic E-state index is 8.99. The number of hydrogen-bond donors (Lipinski definition) is 1. The van der Waals surface area contributed by atoms with Crippen LogP contribution in [0.25, 0.3) is 0 Å². The number of aliphatic hydroxyl groups is 1. The highest BCUT2D eigenvalue weighted by Crippen LogP contribution is 2.15. The van der Waals surface area contributed by atoms with Crippen molar-refractivity contribution in [2.24, 2.45) is 0 Å². The lowest BCUT2D eigenvalue weighted by Gasteiger charge is -2.21. The van der Waals surface area contributed by atoms with Gasteiger partial charge < -0.3 is 9.84 Å². The van der Waals surface area contributed by atoms with Crippen molar-refractivity contribution in [1.82, 2.24) is 4.90 Å². The molecule has 0 unspecified atom stereocenters. The van der Waals surface area contributed by atoms with Crippen molar-refractivity contribution >= 4 is 11.6 Å². The first-order valence-corrected chi connectivity index (χ1v) is 6.85. The summed E-state index contributed by atoms with van der Waals surface area (Å²) in [6.45, 7) is 5.56. The van der Waals surface area contributed by atoms with Gasteiger partial charge in [0.1, 0.15) is 12.4 Å². The summed E-state index contributed by atoms with van der Waals surface area (Å²) in [5, 5.41) is 9.70. The molecule has 0 aliphatic heterocycles. The van der Waals surface area contributed by atoms with E-state index in [9.17, 15) is 0 Å². The normalized spacial score (nSPS) is 10.9. The van der Waals surface area contributed by atoms with Crippen molar-refractivity contribution in [3.63, 3.8) is 0 Å². The fourth-order valence-corrected chi connectivity index (χ4v) is 1.81. The van der Waals surface area contributed by atoms with E-state index < -0.39 is 0 Å². The highest BCUT2D eigenvalue weighted by Gasteiger charge is 2.03. The zero-order chi connectivity index (χ0) is 13.2. The molecule has 0 bridgehead atoms. The van der Waals surface area contributed by atoms with Crippen LogP contribution in [0.4, 0.5) is 0 Å². The molecule has 1 aromatic carbocycles. The van der Waals surface area contributed by atoms with Gasteiger partial charge in [-0.3, -0.25) is 4.90 Å². The number of halogens is 1. The highest BCUT2D eigenvalue weighted by molar-refractivity contribution is 6.30. The van der Waals surface area contributed by atoms with Crippen LogP contribution in [0.15, 0.2) is 24.3 Å². The summed E-state index contributed by atoms with van der Waals surface area (Å²) < 4.78 is 5.64. The lowest BCUT2D eigenvalue weighted by Crippen LogP contribution is -2.32. The van der Waals surface area contributed by atoms with Crippen molar-refractivity contribution in [3.05, 3.63) is 29.3 Å². The van der Waals surface area contributed by atoms with Gasteiger partial charge in [0.05, 0.1) is 6.61 Å². The second kappa shape index (κ2) is 9.20. The number of unbranched alkanes of at least 4 members (excludes halogenated alkanes) is 1. The first-order valence-electron chi connectivity index (χ1n) is 6.48. The predicted octanol–water partition coefficient (Wildman–Crippen LogP) is 2.81. The third kappa shape index (κ3) is 6.24. The smallest absolute Gasteiger partial charge is 0.119 e. The Hall–Kier alpha value is -0.770. The second-order valence-corrected chi connectivity index (χ2v) is 4.66. The van der Waals surface area contributed by atoms with Gasteiger partial charge in [0.25, 0.3) is 0 Å². The summed E-state index contributed by atoms with van der Waals surface area (Å²) in [6, 6.07) is 7.37. The molecule has 0 saturated heterocycles. The van der Waals surface area contributed by atoms with Gasteiger partial charge in [0.2, 0.25) is 0 Å². The van der Waals surface area contributed by atoms with Crippen molar-refractivity contribution in [3.8, 4) is 5.75 Å². The Balaban J connectivity index is 2.26. The molecule has 0 fully saturated rings. The maximum Gasteiger partial charge on any atom is 0.119 e. The Kier molecular flexibility index (Phi) is 7.81. The van der Waals surface area contributed by atoms with Crippen LogP contribution in [-0.2, 0) is 0 Å². The largest absolute Gasteiger partial charge is 0.492 e. The van der Waals surface area contributed by atoms with E-state index in [1.165, 1.54) is 6.42 Å². The first kappa shape index (κ1) is 15.3. The summed E-state index contributed by atoms with van der Waals surface area (Å²) in [6.07, 6.45) is 2.32. The van der Waals surface area contributed by atoms with E-state index in [0.29, 0.717) is 18.2 Å². The minimum absolute atomic E-state index is 0.199. The SMILES string of the molecule is CCCCN(CCO)CCOc1ccc(Cl)cc1. The van der Waals surface area contributed by atoms with Gasteiger partial charge >= 0.3 is 0 Å². The number of nitrogens with zero attached hydrogens (tertiary/aromatic N) is 1. The lowest BCUT2D eigenvalue weighted by atomic mass is 10.3. The van der Waals surface area contributed by atoms with Crippen LogP contribution in [0, 0.1) is 0 Å². The summed E-state index contributed by atoms with van der Waals surface area (Å²) >= 11 is 5.80. The third-order valence-corrected chi connectivity index (χ3v) is 2.99. The van der Waals surface area contributed by atoms with Gasteiger partial charge in [-0.15, -0.1) is 0 Å². The Morgan fingerprint density at radius 1 is 1.17 bits per heavy atom. The van der Waals surface area contributed by atoms with Gasteiger partial charge in [-0.1, -0.05) is 24.9 Å². The van der Waals surface area contributed by atoms with E-state index in [4.69, 9.17) is 21.4 Å². The van der Waals surface area contributed by atoms with Crippen LogP contribution in [0.2, 0.25) is 5.02 Å². The van der Waals surface area contributed by atoms with Crippen LogP contribution < -0.4 is 4.74 Å². The molecular weight excluding hydrogens is 250 g/mol. The second-order valence-electron chi connectivity index (χ2n) is 4.22. The average Bonchev–Trinajstić information content (AvgIpc) is 2.38. The summed E-state index contributed by atoms with van der Waals surface area (Å²) in [7, 11) is 0. The number of rotatable bonds is 9. The number of hydrogen-bond acceptors (Lipinski definition) is 3. The molecule has 0 spiro atoms. The fraction of sp³-hybridized carbons (Fsp3) is 0.571. The number of aliphatic hydroxyl groups excluding tert-OH is 1. The van der Waals surface area contributed by atoms with Gasteiger partial charge in [-0.25, -0.2) is 0 Å². The van der Waals surface area contributed by atoms with Gasteiger partial charge in [-0.05, 0) is 37.2 Å². The summed E-state index contributed by atoms with van der Waals surface area (Å²) in [5.41, 5.74) is 0. The lowest BCUT2D eigenvalue weighted by molar-refractivity contribution is 0.167. The molecule has 0 aromatic heterocycles. The molecule has 0 saturated carbocycles. The van der Waals surface area contributed by atoms with Crippen LogP contribution >= 0.6 is 11.6 Å². The van der Waals surface area contributed by atoms with Crippen molar-refractivity contribution < 1.29 is 9.84 Å². The Labute approximate surface area is 114 Å². The van der Waals surface area contributed by atoms with Crippen molar-refractivity contribution in [2.45, 2.75) is 19.8 Å². The Morgan fingerprint density at radius 2 is 1.89 bits per heavy atom. The van der Waals surface area contributed by atoms with Gasteiger partial charge in [0, 0.05) is 18.1 Å². The molecule has 0 aliphatic carbocycles. The summed E-state index contributed by atoms with van der Waals surface area (Å²) in [5.74, 6) is 0.832. The number of benzene rings is 1. The zero-order valence-electron chi connectivity index (χ0n) is 10.9. The minimum atomic E-state index is 0.199. The zero-order valence-corrected chi connectivity index (χ0v) is 11.7. The fourth-order valence-electron chi connectivity index (χ4n) is 1.68. The maximum atomic E-state index is 8.99. The third-order valence-electron chi connectivity index (χ3n) is 2.73. The molecule has 102 valence electrons. The van der Waals surface area contributed by atoms with E-state index in [1.54, 1.807) is 0 Å². The van der Waals surface area contributed by atoms with Crippen LogP contribution in [0.5, 0.6) is 5.75 Å². The topological polar surface area (TPSA) is 32.7 Å². The van der Waals surface area contributed by atoms with E-state index in [1.807, 2.05) is 24.3 Å². The monoisotopic (exact) mass is 271 g/mol. The van der Waals surface area contributed by atoms with Gasteiger partial charge in [0.15, 0.2) is 0 Å². The highest BCUT2D eigenvalue weighted by atomic mass is 35.5. The predicted molar refractivity (Wildman–Crippen MR) is 75.4 cm³/mol. The molecule has 0 amide bonds. The molecule has 0 atom stereocenters. The minimum Gasteiger partial charge on any atom is -0.492 e. The van der Waals surface area contributed by atoms with E-state index >= 15 is 0 Å². The average molecular weight is 272 g/mol. The van der Waals surface area contributed by atoms with Crippen molar-refractivity contribution in [1.29, 1.82) is 0 Å². The van der Waals surface area contributed by atoms with E-state index in [0.717, 1.165) is 25.3 Å². The molecule has 0 heterocycles. The number of ether oxygens (including phenoxy) is 1. The quantitative estimate of drug-likeness (QED) is 0.750. The molecular formula is C14H22ClNO2.